The van der Waals surface area contributed by atoms with Crippen molar-refractivity contribution >= 4 is 5.69 Å². The zero-order valence-electron chi connectivity index (χ0n) is 8.14. The first-order valence-electron chi connectivity index (χ1n) is 4.68. The van der Waals surface area contributed by atoms with Gasteiger partial charge in [0.15, 0.2) is 0 Å². The van der Waals surface area contributed by atoms with E-state index in [-0.39, 0.29) is 0 Å². The first-order chi connectivity index (χ1) is 6.83. The molecule has 1 heterocycles. The maximum atomic E-state index is 6.04. The van der Waals surface area contributed by atoms with Crippen molar-refractivity contribution in [3.8, 4) is 5.69 Å². The number of hydrogen-bond acceptors (Lipinski definition) is 2. The summed E-state index contributed by atoms with van der Waals surface area (Å²) in [4.78, 5) is 4.00. The number of aromatic nitrogens is 2. The quantitative estimate of drug-likeness (QED) is 0.731. The second kappa shape index (κ2) is 3.54. The summed E-state index contributed by atoms with van der Waals surface area (Å²) >= 11 is 0. The van der Waals surface area contributed by atoms with E-state index in [1.807, 2.05) is 22.9 Å². The third kappa shape index (κ3) is 1.37. The van der Waals surface area contributed by atoms with Gasteiger partial charge in [0.1, 0.15) is 0 Å². The molecule has 2 aromatic rings. The number of hydrogen-bond donors (Lipinski definition) is 1. The normalized spacial score (nSPS) is 10.4. The predicted octanol–water partition coefficient (Wildman–Crippen LogP) is 2.02. The number of nitrogens with two attached hydrogens (primary N) is 1. The fourth-order valence-corrected chi connectivity index (χ4v) is 1.53. The average molecular weight is 187 g/mol. The van der Waals surface area contributed by atoms with E-state index in [4.69, 9.17) is 5.73 Å². The highest BCUT2D eigenvalue weighted by atomic mass is 15.0. The summed E-state index contributed by atoms with van der Waals surface area (Å²) in [6.07, 6.45) is 6.35. The van der Waals surface area contributed by atoms with Crippen molar-refractivity contribution < 1.29 is 0 Å². The zero-order chi connectivity index (χ0) is 9.97. The van der Waals surface area contributed by atoms with Crippen LogP contribution in [0.25, 0.3) is 5.69 Å². The van der Waals surface area contributed by atoms with Gasteiger partial charge in [-0.25, -0.2) is 4.98 Å². The van der Waals surface area contributed by atoms with Gasteiger partial charge in [0.2, 0.25) is 0 Å². The minimum Gasteiger partial charge on any atom is -0.397 e. The number of para-hydroxylation sites is 1. The Hall–Kier alpha value is -1.77. The Labute approximate surface area is 83.2 Å². The molecule has 3 heteroatoms. The first kappa shape index (κ1) is 8.81. The maximum Gasteiger partial charge on any atom is 0.0992 e. The van der Waals surface area contributed by atoms with E-state index in [0.29, 0.717) is 0 Å². The minimum atomic E-state index is 0.841. The largest absolute Gasteiger partial charge is 0.397 e. The molecule has 0 radical (unpaired) electrons. The molecule has 72 valence electrons. The van der Waals surface area contributed by atoms with Crippen LogP contribution in [0.2, 0.25) is 0 Å². The molecule has 0 unspecified atom stereocenters. The second-order valence-corrected chi connectivity index (χ2v) is 3.17. The van der Waals surface area contributed by atoms with E-state index in [9.17, 15) is 0 Å². The van der Waals surface area contributed by atoms with Gasteiger partial charge in [0, 0.05) is 12.4 Å². The summed E-state index contributed by atoms with van der Waals surface area (Å²) in [6.45, 7) is 2.10. The van der Waals surface area contributed by atoms with Crippen LogP contribution in [0.1, 0.15) is 12.5 Å². The predicted molar refractivity (Wildman–Crippen MR) is 57.4 cm³/mol. The molecule has 0 saturated heterocycles. The molecule has 0 spiro atoms. The Morgan fingerprint density at radius 3 is 2.93 bits per heavy atom. The minimum absolute atomic E-state index is 0.841. The molecule has 0 aliphatic heterocycles. The van der Waals surface area contributed by atoms with E-state index in [1.54, 1.807) is 12.5 Å². The Bertz CT molecular complexity index is 418. The van der Waals surface area contributed by atoms with Gasteiger partial charge < -0.3 is 10.3 Å². The van der Waals surface area contributed by atoms with Crippen molar-refractivity contribution in [1.82, 2.24) is 9.55 Å². The van der Waals surface area contributed by atoms with Crippen LogP contribution in [0.3, 0.4) is 0 Å². The fourth-order valence-electron chi connectivity index (χ4n) is 1.53. The second-order valence-electron chi connectivity index (χ2n) is 3.17. The van der Waals surface area contributed by atoms with Gasteiger partial charge in [-0.15, -0.1) is 0 Å². The van der Waals surface area contributed by atoms with E-state index >= 15 is 0 Å². The van der Waals surface area contributed by atoms with E-state index in [0.717, 1.165) is 17.8 Å². The Kier molecular flexibility index (Phi) is 2.23. The van der Waals surface area contributed by atoms with Crippen molar-refractivity contribution in [2.45, 2.75) is 13.3 Å². The van der Waals surface area contributed by atoms with Gasteiger partial charge in [-0.2, -0.15) is 0 Å². The molecule has 0 bridgehead atoms. The van der Waals surface area contributed by atoms with Crippen molar-refractivity contribution in [3.63, 3.8) is 0 Å². The molecular formula is C11H13N3. The van der Waals surface area contributed by atoms with E-state index in [1.165, 1.54) is 5.56 Å². The molecule has 14 heavy (non-hydrogen) atoms. The molecule has 0 saturated carbocycles. The van der Waals surface area contributed by atoms with Crippen molar-refractivity contribution in [2.24, 2.45) is 0 Å². The zero-order valence-corrected chi connectivity index (χ0v) is 8.14. The molecule has 3 nitrogen and oxygen atoms in total. The lowest BCUT2D eigenvalue weighted by molar-refractivity contribution is 1.04. The van der Waals surface area contributed by atoms with Crippen molar-refractivity contribution in [3.05, 3.63) is 42.5 Å². The molecular weight excluding hydrogens is 174 g/mol. The number of nitrogen functional groups attached to an aromatic ring is 1. The van der Waals surface area contributed by atoms with Crippen molar-refractivity contribution in [2.75, 3.05) is 5.73 Å². The molecule has 2 N–H and O–H groups in total. The third-order valence-electron chi connectivity index (χ3n) is 2.34. The average Bonchev–Trinajstić information content (AvgIpc) is 2.71. The van der Waals surface area contributed by atoms with Crippen LogP contribution in [-0.4, -0.2) is 9.55 Å². The molecule has 0 atom stereocenters. The summed E-state index contributed by atoms with van der Waals surface area (Å²) < 4.78 is 1.93. The van der Waals surface area contributed by atoms with Gasteiger partial charge >= 0.3 is 0 Å². The third-order valence-corrected chi connectivity index (χ3v) is 2.34. The van der Waals surface area contributed by atoms with Gasteiger partial charge in [-0.1, -0.05) is 19.1 Å². The highest BCUT2D eigenvalue weighted by Gasteiger charge is 2.03. The monoisotopic (exact) mass is 187 g/mol. The van der Waals surface area contributed by atoms with Crippen LogP contribution in [0.15, 0.2) is 36.9 Å². The smallest absolute Gasteiger partial charge is 0.0992 e. The lowest BCUT2D eigenvalue weighted by atomic mass is 10.1. The lowest BCUT2D eigenvalue weighted by Crippen LogP contribution is -2.00. The Morgan fingerprint density at radius 1 is 1.43 bits per heavy atom. The summed E-state index contributed by atoms with van der Waals surface area (Å²) in [5.74, 6) is 0. The van der Waals surface area contributed by atoms with Crippen LogP contribution in [0.5, 0.6) is 0 Å². The van der Waals surface area contributed by atoms with Gasteiger partial charge in [-0.3, -0.25) is 0 Å². The Balaban J connectivity index is 2.54. The lowest BCUT2D eigenvalue weighted by Gasteiger charge is -2.09. The van der Waals surface area contributed by atoms with Crippen LogP contribution < -0.4 is 5.73 Å². The summed E-state index contributed by atoms with van der Waals surface area (Å²) in [5, 5.41) is 0. The molecule has 1 aromatic heterocycles. The van der Waals surface area contributed by atoms with Gasteiger partial charge in [0.25, 0.3) is 0 Å². The highest BCUT2D eigenvalue weighted by molar-refractivity contribution is 5.62. The van der Waals surface area contributed by atoms with Crippen LogP contribution >= 0.6 is 0 Å². The topological polar surface area (TPSA) is 43.8 Å². The summed E-state index contributed by atoms with van der Waals surface area (Å²) in [7, 11) is 0. The van der Waals surface area contributed by atoms with Crippen molar-refractivity contribution in [1.29, 1.82) is 0 Å². The number of aryl methyl sites for hydroxylation is 1. The SMILES string of the molecule is CCc1cccc(-n2ccnc2)c1N. The summed E-state index contributed by atoms with van der Waals surface area (Å²) in [5.41, 5.74) is 9.06. The number of nitrogens with zero attached hydrogens (tertiary/aromatic N) is 2. The van der Waals surface area contributed by atoms with E-state index in [2.05, 4.69) is 18.0 Å². The molecule has 1 aromatic carbocycles. The van der Waals surface area contributed by atoms with Crippen LogP contribution in [0.4, 0.5) is 5.69 Å². The molecule has 2 rings (SSSR count). The van der Waals surface area contributed by atoms with Crippen LogP contribution in [-0.2, 0) is 6.42 Å². The molecule has 0 amide bonds. The first-order valence-corrected chi connectivity index (χ1v) is 4.68. The molecule has 0 aliphatic rings. The maximum absolute atomic E-state index is 6.04. The highest BCUT2D eigenvalue weighted by Crippen LogP contribution is 2.21. The fraction of sp³-hybridized carbons (Fsp3) is 0.182. The van der Waals surface area contributed by atoms with E-state index < -0.39 is 0 Å². The molecule has 0 aliphatic carbocycles. The molecule has 0 fully saturated rings. The number of benzene rings is 1. The standard InChI is InChI=1S/C11H13N3/c1-2-9-4-3-5-10(11(9)12)14-7-6-13-8-14/h3-8H,2,12H2,1H3. The van der Waals surface area contributed by atoms with Gasteiger partial charge in [0.05, 0.1) is 17.7 Å². The van der Waals surface area contributed by atoms with Crippen LogP contribution in [0, 0.1) is 0 Å². The summed E-state index contributed by atoms with van der Waals surface area (Å²) in [6, 6.07) is 6.07. The number of imidazole rings is 1. The Morgan fingerprint density at radius 2 is 2.29 bits per heavy atom. The number of rotatable bonds is 2. The van der Waals surface area contributed by atoms with Gasteiger partial charge in [-0.05, 0) is 18.1 Å². The number of anilines is 1.